The fraction of sp³-hybridized carbons (Fsp3) is 0.364. The second kappa shape index (κ2) is 7.16. The van der Waals surface area contributed by atoms with Gasteiger partial charge in [-0.1, -0.05) is 36.4 Å². The normalized spacial score (nSPS) is 21.3. The summed E-state index contributed by atoms with van der Waals surface area (Å²) in [7, 11) is 0. The highest BCUT2D eigenvalue weighted by atomic mass is 16.5. The van der Waals surface area contributed by atoms with Gasteiger partial charge in [-0.3, -0.25) is 4.79 Å². The fourth-order valence-electron chi connectivity index (χ4n) is 4.19. The quantitative estimate of drug-likeness (QED) is 0.904. The lowest BCUT2D eigenvalue weighted by Crippen LogP contribution is -2.51. The summed E-state index contributed by atoms with van der Waals surface area (Å²) in [5, 5.41) is 8.96. The zero-order valence-electron chi connectivity index (χ0n) is 15.2. The van der Waals surface area contributed by atoms with Gasteiger partial charge in [0.1, 0.15) is 5.60 Å². The molecular formula is C22H23NO4. The first-order chi connectivity index (χ1) is 13.1. The molecule has 1 unspecified atom stereocenters. The number of carbonyl (C=O) groups is 2. The Kier molecular flexibility index (Phi) is 4.70. The lowest BCUT2D eigenvalue weighted by Gasteiger charge is -2.41. The predicted octanol–water partition coefficient (Wildman–Crippen LogP) is 3.02. The molecule has 1 fully saturated rings. The second-order valence-corrected chi connectivity index (χ2v) is 7.32. The molecule has 1 atom stereocenters. The Morgan fingerprint density at radius 3 is 2.67 bits per heavy atom. The van der Waals surface area contributed by atoms with Gasteiger partial charge in [-0.2, -0.15) is 0 Å². The third-order valence-electron chi connectivity index (χ3n) is 5.67. The summed E-state index contributed by atoms with van der Waals surface area (Å²) in [4.78, 5) is 25.6. The molecule has 27 heavy (non-hydrogen) atoms. The Morgan fingerprint density at radius 2 is 1.89 bits per heavy atom. The van der Waals surface area contributed by atoms with Crippen molar-refractivity contribution < 1.29 is 19.4 Å². The predicted molar refractivity (Wildman–Crippen MR) is 101 cm³/mol. The van der Waals surface area contributed by atoms with Crippen LogP contribution in [0.3, 0.4) is 0 Å². The first kappa shape index (κ1) is 17.7. The molecule has 0 aromatic heterocycles. The second-order valence-electron chi connectivity index (χ2n) is 7.32. The Hall–Kier alpha value is -2.66. The fourth-order valence-corrected chi connectivity index (χ4v) is 4.19. The van der Waals surface area contributed by atoms with E-state index in [9.17, 15) is 9.59 Å². The van der Waals surface area contributed by atoms with Gasteiger partial charge >= 0.3 is 5.97 Å². The first-order valence-corrected chi connectivity index (χ1v) is 9.40. The number of aromatic carboxylic acids is 1. The molecule has 1 aliphatic heterocycles. The van der Waals surface area contributed by atoms with E-state index < -0.39 is 5.97 Å². The van der Waals surface area contributed by atoms with Crippen LogP contribution in [0.15, 0.2) is 48.5 Å². The minimum absolute atomic E-state index is 0.129. The van der Waals surface area contributed by atoms with Crippen LogP contribution in [0.4, 0.5) is 0 Å². The number of carbonyl (C=O) groups excluding carboxylic acids is 1. The Balaban J connectivity index is 1.40. The largest absolute Gasteiger partial charge is 0.478 e. The molecule has 1 aliphatic carbocycles. The van der Waals surface area contributed by atoms with Crippen molar-refractivity contribution in [3.8, 4) is 0 Å². The van der Waals surface area contributed by atoms with Crippen molar-refractivity contribution in [3.05, 3.63) is 70.8 Å². The molecular weight excluding hydrogens is 342 g/mol. The molecule has 1 heterocycles. The lowest BCUT2D eigenvalue weighted by molar-refractivity contribution is -0.152. The maximum Gasteiger partial charge on any atom is 0.335 e. The average molecular weight is 365 g/mol. The number of morpholine rings is 1. The van der Waals surface area contributed by atoms with Crippen molar-refractivity contribution >= 4 is 11.9 Å². The van der Waals surface area contributed by atoms with Crippen LogP contribution in [0, 0.1) is 0 Å². The van der Waals surface area contributed by atoms with Gasteiger partial charge < -0.3 is 14.7 Å². The summed E-state index contributed by atoms with van der Waals surface area (Å²) in [5.41, 5.74) is 3.44. The van der Waals surface area contributed by atoms with Crippen LogP contribution >= 0.6 is 0 Å². The van der Waals surface area contributed by atoms with Crippen LogP contribution in [0.25, 0.3) is 0 Å². The van der Waals surface area contributed by atoms with Crippen LogP contribution in [0.2, 0.25) is 0 Å². The van der Waals surface area contributed by atoms with E-state index in [4.69, 9.17) is 9.84 Å². The average Bonchev–Trinajstić information content (AvgIpc) is 3.04. The summed E-state index contributed by atoms with van der Waals surface area (Å²) < 4.78 is 6.18. The molecule has 0 radical (unpaired) electrons. The number of ether oxygens (including phenoxy) is 1. The van der Waals surface area contributed by atoms with E-state index in [1.165, 1.54) is 11.1 Å². The molecule has 5 heteroatoms. The third-order valence-corrected chi connectivity index (χ3v) is 5.67. The maximum absolute atomic E-state index is 12.8. The Bertz CT molecular complexity index is 857. The number of amides is 1. The van der Waals surface area contributed by atoms with Gasteiger partial charge in [0.25, 0.3) is 0 Å². The standard InChI is InChI=1S/C22H23NO4/c24-20(10-7-16-5-8-18(9-6-16)21(25)26)23-13-14-27-22(15-23)12-11-17-3-1-2-4-19(17)22/h1-6,8-9H,7,10-15H2,(H,25,26). The molecule has 2 aliphatic rings. The van der Waals surface area contributed by atoms with Crippen LogP contribution in [0.1, 0.15) is 39.9 Å². The zero-order chi connectivity index (χ0) is 18.9. The Labute approximate surface area is 158 Å². The van der Waals surface area contributed by atoms with Gasteiger partial charge in [0.05, 0.1) is 18.7 Å². The number of benzene rings is 2. The van der Waals surface area contributed by atoms with Crippen LogP contribution in [-0.4, -0.2) is 41.6 Å². The highest BCUT2D eigenvalue weighted by Gasteiger charge is 2.44. The lowest BCUT2D eigenvalue weighted by atomic mass is 9.93. The molecule has 2 aromatic rings. The molecule has 1 saturated heterocycles. The molecule has 0 saturated carbocycles. The van der Waals surface area contributed by atoms with Gasteiger partial charge in [0.2, 0.25) is 5.91 Å². The smallest absolute Gasteiger partial charge is 0.335 e. The van der Waals surface area contributed by atoms with Crippen molar-refractivity contribution in [3.63, 3.8) is 0 Å². The Morgan fingerprint density at radius 1 is 1.11 bits per heavy atom. The highest BCUT2D eigenvalue weighted by Crippen LogP contribution is 2.42. The number of nitrogens with zero attached hydrogens (tertiary/aromatic N) is 1. The van der Waals surface area contributed by atoms with E-state index in [-0.39, 0.29) is 17.1 Å². The zero-order valence-corrected chi connectivity index (χ0v) is 15.2. The van der Waals surface area contributed by atoms with E-state index in [1.807, 2.05) is 11.0 Å². The van der Waals surface area contributed by atoms with E-state index >= 15 is 0 Å². The van der Waals surface area contributed by atoms with E-state index in [2.05, 4.69) is 18.2 Å². The third kappa shape index (κ3) is 3.47. The number of hydrogen-bond donors (Lipinski definition) is 1. The van der Waals surface area contributed by atoms with E-state index in [0.29, 0.717) is 32.5 Å². The van der Waals surface area contributed by atoms with Gasteiger partial charge in [-0.25, -0.2) is 4.79 Å². The summed E-state index contributed by atoms with van der Waals surface area (Å²) in [5.74, 6) is -0.808. The first-order valence-electron chi connectivity index (χ1n) is 9.40. The summed E-state index contributed by atoms with van der Waals surface area (Å²) in [6.45, 7) is 1.80. The number of carboxylic acid groups (broad SMARTS) is 1. The van der Waals surface area contributed by atoms with Crippen molar-refractivity contribution in [1.29, 1.82) is 0 Å². The molecule has 140 valence electrons. The molecule has 4 rings (SSSR count). The number of aryl methyl sites for hydroxylation is 2. The minimum atomic E-state index is -0.937. The van der Waals surface area contributed by atoms with Gasteiger partial charge in [0.15, 0.2) is 0 Å². The van der Waals surface area contributed by atoms with Crippen LogP contribution < -0.4 is 0 Å². The molecule has 2 aromatic carbocycles. The maximum atomic E-state index is 12.8. The van der Waals surface area contributed by atoms with Crippen molar-refractivity contribution in [2.45, 2.75) is 31.3 Å². The number of carboxylic acids is 1. The van der Waals surface area contributed by atoms with Crippen LogP contribution in [0.5, 0.6) is 0 Å². The molecule has 1 amide bonds. The van der Waals surface area contributed by atoms with Gasteiger partial charge in [-0.05, 0) is 48.1 Å². The monoisotopic (exact) mass is 365 g/mol. The molecule has 5 nitrogen and oxygen atoms in total. The van der Waals surface area contributed by atoms with Gasteiger partial charge in [-0.15, -0.1) is 0 Å². The topological polar surface area (TPSA) is 66.8 Å². The summed E-state index contributed by atoms with van der Waals surface area (Å²) in [6, 6.07) is 15.1. The highest BCUT2D eigenvalue weighted by molar-refractivity contribution is 5.87. The van der Waals surface area contributed by atoms with Crippen molar-refractivity contribution in [1.82, 2.24) is 4.90 Å². The van der Waals surface area contributed by atoms with Crippen molar-refractivity contribution in [2.75, 3.05) is 19.7 Å². The number of fused-ring (bicyclic) bond motifs is 2. The summed E-state index contributed by atoms with van der Waals surface area (Å²) >= 11 is 0. The van der Waals surface area contributed by atoms with E-state index in [0.717, 1.165) is 18.4 Å². The SMILES string of the molecule is O=C(O)c1ccc(CCC(=O)N2CCOC3(CCc4ccccc43)C2)cc1. The van der Waals surface area contributed by atoms with Crippen molar-refractivity contribution in [2.24, 2.45) is 0 Å². The van der Waals surface area contributed by atoms with Gasteiger partial charge in [0, 0.05) is 13.0 Å². The number of rotatable bonds is 4. The van der Waals surface area contributed by atoms with Crippen LogP contribution in [-0.2, 0) is 28.0 Å². The summed E-state index contributed by atoms with van der Waals surface area (Å²) in [6.07, 6.45) is 2.95. The number of hydrogen-bond acceptors (Lipinski definition) is 3. The minimum Gasteiger partial charge on any atom is -0.478 e. The molecule has 1 N–H and O–H groups in total. The van der Waals surface area contributed by atoms with E-state index in [1.54, 1.807) is 24.3 Å². The molecule has 1 spiro atoms. The molecule has 0 bridgehead atoms.